The lowest BCUT2D eigenvalue weighted by molar-refractivity contribution is 0.625. The number of hydrazine groups is 1. The minimum atomic E-state index is 0.472. The van der Waals surface area contributed by atoms with Crippen molar-refractivity contribution < 1.29 is 0 Å². The number of rotatable bonds is 2. The number of nitrogens with zero attached hydrogens (tertiary/aromatic N) is 3. The number of hydrogen-bond donors (Lipinski definition) is 2. The Balaban J connectivity index is 2.21. The molecule has 1 saturated heterocycles. The van der Waals surface area contributed by atoms with Crippen molar-refractivity contribution in [3.63, 3.8) is 0 Å². The zero-order chi connectivity index (χ0) is 10.8. The first-order valence-corrected chi connectivity index (χ1v) is 5.27. The first-order chi connectivity index (χ1) is 7.20. The molecule has 0 aliphatic carbocycles. The van der Waals surface area contributed by atoms with Gasteiger partial charge in [-0.05, 0) is 25.3 Å². The van der Waals surface area contributed by atoms with Gasteiger partial charge in [-0.25, -0.2) is 10.8 Å². The molecule has 1 aliphatic heterocycles. The SMILES string of the molecule is CC1CC(C)N(c2ccnc(NN)n2)C1. The van der Waals surface area contributed by atoms with Crippen molar-refractivity contribution >= 4 is 11.8 Å². The number of nitrogen functional groups attached to an aromatic ring is 1. The number of nitrogens with one attached hydrogen (secondary N) is 1. The van der Waals surface area contributed by atoms with Crippen LogP contribution in [0.2, 0.25) is 0 Å². The topological polar surface area (TPSA) is 67.1 Å². The Morgan fingerprint density at radius 2 is 2.33 bits per heavy atom. The lowest BCUT2D eigenvalue weighted by atomic mass is 10.1. The highest BCUT2D eigenvalue weighted by atomic mass is 15.3. The molecule has 2 heterocycles. The zero-order valence-electron chi connectivity index (χ0n) is 9.14. The molecule has 2 unspecified atom stereocenters. The van der Waals surface area contributed by atoms with Gasteiger partial charge in [-0.15, -0.1) is 0 Å². The largest absolute Gasteiger partial charge is 0.353 e. The molecular formula is C10H17N5. The summed E-state index contributed by atoms with van der Waals surface area (Å²) in [5, 5.41) is 0. The standard InChI is InChI=1S/C10H17N5/c1-7-5-8(2)15(6-7)9-3-4-12-10(13-9)14-11/h3-4,7-8H,5-6,11H2,1-2H3,(H,12,13,14). The second-order valence-electron chi connectivity index (χ2n) is 4.23. The van der Waals surface area contributed by atoms with Crippen molar-refractivity contribution in [1.82, 2.24) is 9.97 Å². The molecular weight excluding hydrogens is 190 g/mol. The quantitative estimate of drug-likeness (QED) is 0.559. The minimum Gasteiger partial charge on any atom is -0.353 e. The van der Waals surface area contributed by atoms with Crippen LogP contribution >= 0.6 is 0 Å². The maximum Gasteiger partial charge on any atom is 0.239 e. The normalized spacial score (nSPS) is 25.7. The van der Waals surface area contributed by atoms with E-state index in [4.69, 9.17) is 5.84 Å². The summed E-state index contributed by atoms with van der Waals surface area (Å²) in [6, 6.07) is 2.47. The Hall–Kier alpha value is -1.36. The second kappa shape index (κ2) is 4.02. The summed E-state index contributed by atoms with van der Waals surface area (Å²) in [4.78, 5) is 10.6. The van der Waals surface area contributed by atoms with Gasteiger partial charge in [-0.1, -0.05) is 6.92 Å². The molecule has 1 aromatic rings. The third-order valence-electron chi connectivity index (χ3n) is 2.85. The number of anilines is 2. The summed E-state index contributed by atoms with van der Waals surface area (Å²) >= 11 is 0. The molecule has 2 rings (SSSR count). The smallest absolute Gasteiger partial charge is 0.239 e. The Labute approximate surface area is 89.7 Å². The molecule has 1 fully saturated rings. The van der Waals surface area contributed by atoms with Crippen LogP contribution in [0.4, 0.5) is 11.8 Å². The van der Waals surface area contributed by atoms with E-state index in [2.05, 4.69) is 34.1 Å². The third kappa shape index (κ3) is 2.02. The van der Waals surface area contributed by atoms with Crippen LogP contribution in [0.3, 0.4) is 0 Å². The van der Waals surface area contributed by atoms with Crippen molar-refractivity contribution in [1.29, 1.82) is 0 Å². The van der Waals surface area contributed by atoms with Crippen molar-refractivity contribution in [3.8, 4) is 0 Å². The predicted octanol–water partition coefficient (Wildman–Crippen LogP) is 0.997. The van der Waals surface area contributed by atoms with Crippen molar-refractivity contribution in [2.45, 2.75) is 26.3 Å². The molecule has 5 nitrogen and oxygen atoms in total. The van der Waals surface area contributed by atoms with Crippen LogP contribution in [-0.4, -0.2) is 22.6 Å². The maximum atomic E-state index is 5.29. The third-order valence-corrected chi connectivity index (χ3v) is 2.85. The van der Waals surface area contributed by atoms with Gasteiger partial charge in [0.1, 0.15) is 5.82 Å². The monoisotopic (exact) mass is 207 g/mol. The number of hydrogen-bond acceptors (Lipinski definition) is 5. The fourth-order valence-corrected chi connectivity index (χ4v) is 2.20. The van der Waals surface area contributed by atoms with Gasteiger partial charge >= 0.3 is 0 Å². The van der Waals surface area contributed by atoms with Crippen LogP contribution in [-0.2, 0) is 0 Å². The van der Waals surface area contributed by atoms with E-state index >= 15 is 0 Å². The van der Waals surface area contributed by atoms with Crippen LogP contribution in [0.1, 0.15) is 20.3 Å². The second-order valence-corrected chi connectivity index (χ2v) is 4.23. The van der Waals surface area contributed by atoms with Gasteiger partial charge in [0, 0.05) is 18.8 Å². The van der Waals surface area contributed by atoms with Crippen molar-refractivity contribution in [3.05, 3.63) is 12.3 Å². The predicted molar refractivity (Wildman–Crippen MR) is 60.4 cm³/mol. The molecule has 1 aliphatic rings. The van der Waals surface area contributed by atoms with Crippen LogP contribution in [0.15, 0.2) is 12.3 Å². The molecule has 2 atom stereocenters. The lowest BCUT2D eigenvalue weighted by Gasteiger charge is -2.22. The molecule has 0 aromatic carbocycles. The highest BCUT2D eigenvalue weighted by Gasteiger charge is 2.27. The van der Waals surface area contributed by atoms with Crippen molar-refractivity contribution in [2.75, 3.05) is 16.9 Å². The molecule has 82 valence electrons. The van der Waals surface area contributed by atoms with E-state index in [9.17, 15) is 0 Å². The Morgan fingerprint density at radius 3 is 2.93 bits per heavy atom. The molecule has 1 aromatic heterocycles. The van der Waals surface area contributed by atoms with Gasteiger partial charge in [0.15, 0.2) is 0 Å². The maximum absolute atomic E-state index is 5.29. The van der Waals surface area contributed by atoms with Gasteiger partial charge in [0.25, 0.3) is 0 Å². The molecule has 0 radical (unpaired) electrons. The summed E-state index contributed by atoms with van der Waals surface area (Å²) < 4.78 is 0. The summed E-state index contributed by atoms with van der Waals surface area (Å²) in [7, 11) is 0. The highest BCUT2D eigenvalue weighted by molar-refractivity contribution is 5.44. The van der Waals surface area contributed by atoms with Crippen LogP contribution in [0.5, 0.6) is 0 Å². The Kier molecular flexibility index (Phi) is 2.73. The first-order valence-electron chi connectivity index (χ1n) is 5.27. The average Bonchev–Trinajstić information content (AvgIpc) is 2.58. The lowest BCUT2D eigenvalue weighted by Crippen LogP contribution is -2.28. The summed E-state index contributed by atoms with van der Waals surface area (Å²) in [6.45, 7) is 5.54. The number of aromatic nitrogens is 2. The van der Waals surface area contributed by atoms with E-state index < -0.39 is 0 Å². The van der Waals surface area contributed by atoms with Gasteiger partial charge in [0.2, 0.25) is 5.95 Å². The molecule has 0 amide bonds. The molecule has 0 spiro atoms. The first kappa shape index (κ1) is 10.2. The zero-order valence-corrected chi connectivity index (χ0v) is 9.14. The van der Waals surface area contributed by atoms with E-state index in [0.717, 1.165) is 18.3 Å². The fraction of sp³-hybridized carbons (Fsp3) is 0.600. The van der Waals surface area contributed by atoms with Gasteiger partial charge in [-0.2, -0.15) is 4.98 Å². The summed E-state index contributed by atoms with van der Waals surface area (Å²) in [6.07, 6.45) is 2.95. The fourth-order valence-electron chi connectivity index (χ4n) is 2.20. The Morgan fingerprint density at radius 1 is 1.53 bits per heavy atom. The van der Waals surface area contributed by atoms with Gasteiger partial charge in [0.05, 0.1) is 0 Å². The number of nitrogens with two attached hydrogens (primary N) is 1. The molecule has 0 saturated carbocycles. The van der Waals surface area contributed by atoms with E-state index in [1.165, 1.54) is 6.42 Å². The van der Waals surface area contributed by atoms with Crippen LogP contribution in [0, 0.1) is 5.92 Å². The van der Waals surface area contributed by atoms with Crippen molar-refractivity contribution in [2.24, 2.45) is 11.8 Å². The van der Waals surface area contributed by atoms with E-state index in [1.54, 1.807) is 6.20 Å². The van der Waals surface area contributed by atoms with Gasteiger partial charge in [-0.3, -0.25) is 5.43 Å². The van der Waals surface area contributed by atoms with E-state index in [-0.39, 0.29) is 0 Å². The molecule has 0 bridgehead atoms. The Bertz CT molecular complexity index is 340. The average molecular weight is 207 g/mol. The van der Waals surface area contributed by atoms with E-state index in [1.807, 2.05) is 6.07 Å². The molecule has 3 N–H and O–H groups in total. The van der Waals surface area contributed by atoms with E-state index in [0.29, 0.717) is 12.0 Å². The van der Waals surface area contributed by atoms with Gasteiger partial charge < -0.3 is 4.90 Å². The van der Waals surface area contributed by atoms with Crippen LogP contribution in [0.25, 0.3) is 0 Å². The molecule has 15 heavy (non-hydrogen) atoms. The summed E-state index contributed by atoms with van der Waals surface area (Å²) in [5.41, 5.74) is 2.47. The summed E-state index contributed by atoms with van der Waals surface area (Å²) in [5.74, 6) is 7.44. The highest BCUT2D eigenvalue weighted by Crippen LogP contribution is 2.27. The van der Waals surface area contributed by atoms with Crippen LogP contribution < -0.4 is 16.2 Å². The minimum absolute atomic E-state index is 0.472. The molecule has 5 heteroatoms.